The average Bonchev–Trinajstić information content (AvgIpc) is 3.49. The zero-order chi connectivity index (χ0) is 23.2. The molecular formula is C21H21F3N2O5S. The fraction of sp³-hybridized carbons (Fsp3) is 0.381. The maximum absolute atomic E-state index is 12.4. The van der Waals surface area contributed by atoms with E-state index in [0.29, 0.717) is 13.2 Å². The van der Waals surface area contributed by atoms with E-state index >= 15 is 0 Å². The number of hydrogen-bond donors (Lipinski definition) is 1. The fourth-order valence-electron chi connectivity index (χ4n) is 3.45. The fourth-order valence-corrected chi connectivity index (χ4v) is 4.07. The number of likely N-dealkylation sites (tertiary alicyclic amines) is 1. The topological polar surface area (TPSA) is 89.0 Å². The Labute approximate surface area is 186 Å². The van der Waals surface area contributed by atoms with Crippen molar-refractivity contribution >= 4 is 29.3 Å². The molecule has 4 rings (SSSR count). The number of carboxylic acids is 1. The molecule has 0 saturated carbocycles. The first-order valence-corrected chi connectivity index (χ1v) is 10.6. The minimum atomic E-state index is -5.08. The van der Waals surface area contributed by atoms with Gasteiger partial charge in [-0.3, -0.25) is 9.78 Å². The van der Waals surface area contributed by atoms with E-state index in [-0.39, 0.29) is 17.6 Å². The number of aliphatic carboxylic acids is 1. The zero-order valence-corrected chi connectivity index (χ0v) is 17.6. The van der Waals surface area contributed by atoms with Gasteiger partial charge in [0.2, 0.25) is 5.91 Å². The summed E-state index contributed by atoms with van der Waals surface area (Å²) in [6.07, 6.45) is 3.57. The molecule has 1 amide bonds. The maximum Gasteiger partial charge on any atom is 0.490 e. The lowest BCUT2D eigenvalue weighted by Gasteiger charge is -2.22. The van der Waals surface area contributed by atoms with Crippen LogP contribution in [0, 0.1) is 0 Å². The molecule has 11 heteroatoms. The number of aromatic nitrogens is 1. The van der Waals surface area contributed by atoms with Crippen molar-refractivity contribution in [2.45, 2.75) is 30.7 Å². The lowest BCUT2D eigenvalue weighted by atomic mass is 9.98. The number of pyridine rings is 1. The normalized spacial score (nSPS) is 22.7. The Morgan fingerprint density at radius 1 is 1.34 bits per heavy atom. The predicted molar refractivity (Wildman–Crippen MR) is 110 cm³/mol. The number of hydrogen-bond acceptors (Lipinski definition) is 6. The third-order valence-electron chi connectivity index (χ3n) is 4.92. The summed E-state index contributed by atoms with van der Waals surface area (Å²) in [7, 11) is 0. The van der Waals surface area contributed by atoms with Crippen molar-refractivity contribution in [3.05, 3.63) is 53.0 Å². The van der Waals surface area contributed by atoms with Gasteiger partial charge in [-0.25, -0.2) is 4.79 Å². The molecule has 2 aliphatic rings. The van der Waals surface area contributed by atoms with Crippen LogP contribution in [0.5, 0.6) is 5.75 Å². The zero-order valence-electron chi connectivity index (χ0n) is 16.8. The second-order valence-corrected chi connectivity index (χ2v) is 8.27. The van der Waals surface area contributed by atoms with Gasteiger partial charge in [0.15, 0.2) is 0 Å². The molecule has 7 nitrogen and oxygen atoms in total. The number of nitrogens with zero attached hydrogens (tertiary/aromatic N) is 2. The smallest absolute Gasteiger partial charge is 0.486 e. The van der Waals surface area contributed by atoms with Crippen molar-refractivity contribution in [1.29, 1.82) is 0 Å². The molecule has 4 heterocycles. The minimum Gasteiger partial charge on any atom is -0.486 e. The quantitative estimate of drug-likeness (QED) is 0.687. The van der Waals surface area contributed by atoms with E-state index in [4.69, 9.17) is 19.4 Å². The highest BCUT2D eigenvalue weighted by Gasteiger charge is 2.47. The van der Waals surface area contributed by atoms with Gasteiger partial charge in [-0.05, 0) is 36.1 Å². The van der Waals surface area contributed by atoms with Gasteiger partial charge in [-0.1, -0.05) is 6.07 Å². The lowest BCUT2D eigenvalue weighted by molar-refractivity contribution is -0.192. The highest BCUT2D eigenvalue weighted by atomic mass is 32.1. The summed E-state index contributed by atoms with van der Waals surface area (Å²) in [5.41, 5.74) is -0.265. The minimum absolute atomic E-state index is 0.0147. The SMILES string of the molecule is O=C(/C=C/c1cccs1)N1CC[C@]2(C[C@H](Oc3cccnc3)CO2)C1.O=C(O)C(F)(F)F. The van der Waals surface area contributed by atoms with Crippen LogP contribution in [0.4, 0.5) is 13.2 Å². The van der Waals surface area contributed by atoms with Crippen molar-refractivity contribution < 1.29 is 37.3 Å². The molecule has 2 atom stereocenters. The van der Waals surface area contributed by atoms with Crippen LogP contribution in [0.15, 0.2) is 48.1 Å². The van der Waals surface area contributed by atoms with Gasteiger partial charge >= 0.3 is 12.1 Å². The van der Waals surface area contributed by atoms with Crippen LogP contribution >= 0.6 is 11.3 Å². The number of carbonyl (C=O) groups is 2. The molecule has 1 spiro atoms. The van der Waals surface area contributed by atoms with Gasteiger partial charge in [0.1, 0.15) is 11.9 Å². The Morgan fingerprint density at radius 3 is 2.75 bits per heavy atom. The third-order valence-corrected chi connectivity index (χ3v) is 5.75. The van der Waals surface area contributed by atoms with E-state index < -0.39 is 12.1 Å². The summed E-state index contributed by atoms with van der Waals surface area (Å²) in [5.74, 6) is -1.95. The summed E-state index contributed by atoms with van der Waals surface area (Å²) in [6.45, 7) is 1.92. The molecular weight excluding hydrogens is 449 g/mol. The van der Waals surface area contributed by atoms with Crippen molar-refractivity contribution in [2.75, 3.05) is 19.7 Å². The van der Waals surface area contributed by atoms with Crippen LogP contribution in [-0.4, -0.2) is 64.4 Å². The van der Waals surface area contributed by atoms with Gasteiger partial charge in [0, 0.05) is 30.1 Å². The van der Waals surface area contributed by atoms with Gasteiger partial charge in [-0.15, -0.1) is 11.3 Å². The van der Waals surface area contributed by atoms with Crippen LogP contribution in [0.1, 0.15) is 17.7 Å². The van der Waals surface area contributed by atoms with Gasteiger partial charge in [0.25, 0.3) is 0 Å². The van der Waals surface area contributed by atoms with Crippen molar-refractivity contribution in [1.82, 2.24) is 9.88 Å². The Kier molecular flexibility index (Phi) is 7.52. The van der Waals surface area contributed by atoms with E-state index in [1.807, 2.05) is 40.6 Å². The van der Waals surface area contributed by atoms with E-state index in [0.717, 1.165) is 30.0 Å². The largest absolute Gasteiger partial charge is 0.490 e. The summed E-state index contributed by atoms with van der Waals surface area (Å²) >= 11 is 1.62. The molecule has 2 fully saturated rings. The molecule has 1 N–H and O–H groups in total. The average molecular weight is 470 g/mol. The van der Waals surface area contributed by atoms with Gasteiger partial charge in [-0.2, -0.15) is 13.2 Å². The molecule has 0 bridgehead atoms. The molecule has 172 valence electrons. The van der Waals surface area contributed by atoms with Gasteiger partial charge < -0.3 is 19.5 Å². The first kappa shape index (κ1) is 23.7. The third kappa shape index (κ3) is 6.54. The van der Waals surface area contributed by atoms with Crippen LogP contribution in [0.3, 0.4) is 0 Å². The van der Waals surface area contributed by atoms with E-state index in [2.05, 4.69) is 4.98 Å². The molecule has 2 aliphatic heterocycles. The number of carbonyl (C=O) groups excluding carboxylic acids is 1. The standard InChI is InChI=1S/C19H20N2O3S.C2HF3O2/c22-18(6-5-17-4-2-10-25-17)21-9-7-19(14-21)11-16(13-23-19)24-15-3-1-8-20-12-15;3-2(4,5)1(6)7/h1-6,8,10,12,16H,7,9,11,13-14H2;(H,6,7)/b6-5+;/t16-,19-;/m0./s1. The first-order chi connectivity index (χ1) is 15.2. The van der Waals surface area contributed by atoms with Crippen molar-refractivity contribution in [2.24, 2.45) is 0 Å². The Balaban J connectivity index is 0.000000360. The molecule has 0 unspecified atom stereocenters. The summed E-state index contributed by atoms with van der Waals surface area (Å²) < 4.78 is 43.7. The van der Waals surface area contributed by atoms with E-state index in [9.17, 15) is 18.0 Å². The molecule has 0 radical (unpaired) electrons. The monoisotopic (exact) mass is 470 g/mol. The maximum atomic E-state index is 12.4. The summed E-state index contributed by atoms with van der Waals surface area (Å²) in [4.78, 5) is 28.3. The number of carboxylic acid groups (broad SMARTS) is 1. The number of rotatable bonds is 4. The summed E-state index contributed by atoms with van der Waals surface area (Å²) in [6, 6.07) is 7.74. The molecule has 2 aromatic heterocycles. The predicted octanol–water partition coefficient (Wildman–Crippen LogP) is 3.63. The van der Waals surface area contributed by atoms with Crippen LogP contribution < -0.4 is 4.74 Å². The number of amides is 1. The van der Waals surface area contributed by atoms with Crippen molar-refractivity contribution in [3.8, 4) is 5.75 Å². The van der Waals surface area contributed by atoms with Crippen LogP contribution in [0.25, 0.3) is 6.08 Å². The second kappa shape index (κ2) is 10.1. The Morgan fingerprint density at radius 2 is 2.12 bits per heavy atom. The first-order valence-electron chi connectivity index (χ1n) is 9.68. The highest BCUT2D eigenvalue weighted by molar-refractivity contribution is 7.10. The molecule has 32 heavy (non-hydrogen) atoms. The number of thiophene rings is 1. The van der Waals surface area contributed by atoms with Crippen LogP contribution in [0.2, 0.25) is 0 Å². The van der Waals surface area contributed by atoms with Crippen molar-refractivity contribution in [3.63, 3.8) is 0 Å². The molecule has 0 aliphatic carbocycles. The number of ether oxygens (including phenoxy) is 2. The number of halogens is 3. The van der Waals surface area contributed by atoms with E-state index in [1.54, 1.807) is 29.8 Å². The Bertz CT molecular complexity index is 937. The second-order valence-electron chi connectivity index (χ2n) is 7.29. The number of alkyl halides is 3. The highest BCUT2D eigenvalue weighted by Crippen LogP contribution is 2.36. The lowest BCUT2D eigenvalue weighted by Crippen LogP contribution is -2.35. The van der Waals surface area contributed by atoms with Crippen LogP contribution in [-0.2, 0) is 14.3 Å². The summed E-state index contributed by atoms with van der Waals surface area (Å²) in [5, 5.41) is 9.13. The van der Waals surface area contributed by atoms with Gasteiger partial charge in [0.05, 0.1) is 24.9 Å². The molecule has 0 aromatic carbocycles. The molecule has 2 saturated heterocycles. The Hall–Kier alpha value is -2.92. The van der Waals surface area contributed by atoms with E-state index in [1.165, 1.54) is 0 Å². The molecule has 2 aromatic rings.